The second-order valence-corrected chi connectivity index (χ2v) is 8.34. The molecule has 4 aromatic rings. The summed E-state index contributed by atoms with van der Waals surface area (Å²) >= 11 is 3.33. The smallest absolute Gasteiger partial charge is 0.224 e. The molecule has 3 nitrogen and oxygen atoms in total. The molecule has 2 heterocycles. The van der Waals surface area contributed by atoms with Crippen LogP contribution in [0.25, 0.3) is 21.3 Å². The first-order chi connectivity index (χ1) is 12.7. The van der Waals surface area contributed by atoms with Crippen LogP contribution in [0.3, 0.4) is 0 Å². The molecule has 4 rings (SSSR count). The Morgan fingerprint density at radius 2 is 1.92 bits per heavy atom. The minimum Gasteiger partial charge on any atom is -0.351 e. The molecule has 0 bridgehead atoms. The van der Waals surface area contributed by atoms with E-state index in [9.17, 15) is 4.79 Å². The number of nitrogens with zero attached hydrogens (tertiary/aromatic N) is 1. The Morgan fingerprint density at radius 1 is 1.08 bits per heavy atom. The lowest BCUT2D eigenvalue weighted by molar-refractivity contribution is -0.120. The van der Waals surface area contributed by atoms with Crippen molar-refractivity contribution in [2.75, 3.05) is 0 Å². The Labute approximate surface area is 160 Å². The van der Waals surface area contributed by atoms with Gasteiger partial charge in [0.25, 0.3) is 0 Å². The highest BCUT2D eigenvalue weighted by atomic mass is 32.1. The van der Waals surface area contributed by atoms with Gasteiger partial charge in [-0.05, 0) is 35.4 Å². The number of hydrogen-bond donors (Lipinski definition) is 1. The molecule has 26 heavy (non-hydrogen) atoms. The van der Waals surface area contributed by atoms with Gasteiger partial charge in [-0.2, -0.15) is 0 Å². The number of carbonyl (C=O) groups excluding carboxylic acids is 1. The van der Waals surface area contributed by atoms with Gasteiger partial charge in [0.05, 0.1) is 28.5 Å². The summed E-state index contributed by atoms with van der Waals surface area (Å²) in [5, 5.41) is 8.48. The summed E-state index contributed by atoms with van der Waals surface area (Å²) in [6.45, 7) is 2.56. The van der Waals surface area contributed by atoms with E-state index in [0.29, 0.717) is 13.0 Å². The molecule has 0 aliphatic carbocycles. The molecule has 0 aliphatic heterocycles. The van der Waals surface area contributed by atoms with Crippen LogP contribution in [0.15, 0.2) is 60.0 Å². The molecular formula is C21H18N2OS2. The van der Waals surface area contributed by atoms with Gasteiger partial charge in [0.15, 0.2) is 0 Å². The van der Waals surface area contributed by atoms with Crippen LogP contribution in [-0.4, -0.2) is 10.9 Å². The van der Waals surface area contributed by atoms with Crippen molar-refractivity contribution in [2.45, 2.75) is 19.9 Å². The number of hydrogen-bond acceptors (Lipinski definition) is 4. The standard InChI is InChI=1S/C21H18N2OS2/c1-14-23-19(13-25-14)20-10-9-17(26-20)12-22-21(24)11-16-7-4-6-15-5-2-3-8-18(15)16/h2-10,13H,11-12H2,1H3,(H,22,24). The molecule has 0 radical (unpaired) electrons. The third kappa shape index (κ3) is 3.69. The minimum absolute atomic E-state index is 0.0424. The zero-order chi connectivity index (χ0) is 17.9. The summed E-state index contributed by atoms with van der Waals surface area (Å²) < 4.78 is 0. The molecule has 2 aromatic heterocycles. The second-order valence-electron chi connectivity index (χ2n) is 6.11. The SMILES string of the molecule is Cc1nc(-c2ccc(CNC(=O)Cc3cccc4ccccc34)s2)cs1. The third-order valence-electron chi connectivity index (χ3n) is 4.22. The van der Waals surface area contributed by atoms with E-state index in [1.54, 1.807) is 22.7 Å². The molecule has 130 valence electrons. The van der Waals surface area contributed by atoms with Crippen molar-refractivity contribution in [1.82, 2.24) is 10.3 Å². The predicted octanol–water partition coefficient (Wildman–Crippen LogP) is 5.19. The molecule has 1 N–H and O–H groups in total. The summed E-state index contributed by atoms with van der Waals surface area (Å²) in [7, 11) is 0. The van der Waals surface area contributed by atoms with Gasteiger partial charge in [0.2, 0.25) is 5.91 Å². The Kier molecular flexibility index (Phi) is 4.82. The van der Waals surface area contributed by atoms with E-state index < -0.39 is 0 Å². The van der Waals surface area contributed by atoms with Crippen molar-refractivity contribution in [1.29, 1.82) is 0 Å². The van der Waals surface area contributed by atoms with Crippen LogP contribution >= 0.6 is 22.7 Å². The lowest BCUT2D eigenvalue weighted by Gasteiger charge is -2.07. The monoisotopic (exact) mass is 378 g/mol. The maximum Gasteiger partial charge on any atom is 0.224 e. The first kappa shape index (κ1) is 16.9. The maximum absolute atomic E-state index is 12.4. The average Bonchev–Trinajstić information content (AvgIpc) is 3.29. The molecule has 5 heteroatoms. The van der Waals surface area contributed by atoms with Gasteiger partial charge < -0.3 is 5.32 Å². The molecule has 1 amide bonds. The number of carbonyl (C=O) groups is 1. The number of aromatic nitrogens is 1. The van der Waals surface area contributed by atoms with Crippen LogP contribution in [0.2, 0.25) is 0 Å². The lowest BCUT2D eigenvalue weighted by atomic mass is 10.0. The van der Waals surface area contributed by atoms with Gasteiger partial charge >= 0.3 is 0 Å². The number of aryl methyl sites for hydroxylation is 1. The minimum atomic E-state index is 0.0424. The first-order valence-corrected chi connectivity index (χ1v) is 10.1. The zero-order valence-corrected chi connectivity index (χ0v) is 16.0. The van der Waals surface area contributed by atoms with Gasteiger partial charge in [0.1, 0.15) is 0 Å². The topological polar surface area (TPSA) is 42.0 Å². The normalized spacial score (nSPS) is 11.0. The lowest BCUT2D eigenvalue weighted by Crippen LogP contribution is -2.24. The summed E-state index contributed by atoms with van der Waals surface area (Å²) in [6, 6.07) is 18.4. The Morgan fingerprint density at radius 3 is 2.77 bits per heavy atom. The predicted molar refractivity (Wildman–Crippen MR) is 110 cm³/mol. The fourth-order valence-electron chi connectivity index (χ4n) is 2.95. The van der Waals surface area contributed by atoms with Gasteiger partial charge in [-0.25, -0.2) is 4.98 Å². The highest BCUT2D eigenvalue weighted by Gasteiger charge is 2.09. The van der Waals surface area contributed by atoms with E-state index in [1.807, 2.05) is 31.2 Å². The van der Waals surface area contributed by atoms with E-state index in [4.69, 9.17) is 0 Å². The van der Waals surface area contributed by atoms with Crippen molar-refractivity contribution in [2.24, 2.45) is 0 Å². The molecule has 2 aromatic carbocycles. The molecule has 0 saturated carbocycles. The highest BCUT2D eigenvalue weighted by Crippen LogP contribution is 2.29. The van der Waals surface area contributed by atoms with Crippen molar-refractivity contribution < 1.29 is 4.79 Å². The number of amides is 1. The molecule has 0 spiro atoms. The number of benzene rings is 2. The van der Waals surface area contributed by atoms with Crippen molar-refractivity contribution in [3.05, 3.63) is 75.4 Å². The van der Waals surface area contributed by atoms with Crippen LogP contribution in [0.5, 0.6) is 0 Å². The highest BCUT2D eigenvalue weighted by molar-refractivity contribution is 7.16. The van der Waals surface area contributed by atoms with Crippen molar-refractivity contribution in [3.63, 3.8) is 0 Å². The Hall–Kier alpha value is -2.50. The van der Waals surface area contributed by atoms with Crippen LogP contribution in [0.4, 0.5) is 0 Å². The average molecular weight is 379 g/mol. The Balaban J connectivity index is 1.40. The summed E-state index contributed by atoms with van der Waals surface area (Å²) in [6.07, 6.45) is 0.394. The van der Waals surface area contributed by atoms with Crippen LogP contribution in [0, 0.1) is 6.92 Å². The largest absolute Gasteiger partial charge is 0.351 e. The number of rotatable bonds is 5. The summed E-state index contributed by atoms with van der Waals surface area (Å²) in [5.74, 6) is 0.0424. The van der Waals surface area contributed by atoms with Gasteiger partial charge in [0, 0.05) is 10.3 Å². The van der Waals surface area contributed by atoms with Gasteiger partial charge in [-0.3, -0.25) is 4.79 Å². The van der Waals surface area contributed by atoms with Crippen LogP contribution in [0.1, 0.15) is 15.4 Å². The summed E-state index contributed by atoms with van der Waals surface area (Å²) in [5.41, 5.74) is 2.08. The molecule has 0 saturated heterocycles. The number of thiophene rings is 1. The quantitative estimate of drug-likeness (QED) is 0.519. The first-order valence-electron chi connectivity index (χ1n) is 8.43. The van der Waals surface area contributed by atoms with Crippen molar-refractivity contribution >= 4 is 39.4 Å². The molecule has 0 atom stereocenters. The van der Waals surface area contributed by atoms with E-state index in [1.165, 1.54) is 5.39 Å². The second kappa shape index (κ2) is 7.40. The van der Waals surface area contributed by atoms with E-state index in [0.717, 1.165) is 31.4 Å². The number of nitrogens with one attached hydrogen (secondary N) is 1. The fourth-order valence-corrected chi connectivity index (χ4v) is 4.55. The van der Waals surface area contributed by atoms with E-state index in [-0.39, 0.29) is 5.91 Å². The molecular weight excluding hydrogens is 360 g/mol. The van der Waals surface area contributed by atoms with E-state index >= 15 is 0 Å². The van der Waals surface area contributed by atoms with Crippen LogP contribution in [-0.2, 0) is 17.8 Å². The maximum atomic E-state index is 12.4. The Bertz CT molecular complexity index is 1060. The number of fused-ring (bicyclic) bond motifs is 1. The molecule has 0 aliphatic rings. The van der Waals surface area contributed by atoms with Crippen molar-refractivity contribution in [3.8, 4) is 10.6 Å². The number of thiazole rings is 1. The summed E-state index contributed by atoms with van der Waals surface area (Å²) in [4.78, 5) is 19.2. The molecule has 0 fully saturated rings. The van der Waals surface area contributed by atoms with Crippen LogP contribution < -0.4 is 5.32 Å². The molecule has 0 unspecified atom stereocenters. The third-order valence-corrected chi connectivity index (χ3v) is 6.11. The zero-order valence-electron chi connectivity index (χ0n) is 14.4. The fraction of sp³-hybridized carbons (Fsp3) is 0.143. The van der Waals surface area contributed by atoms with Gasteiger partial charge in [-0.1, -0.05) is 42.5 Å². The van der Waals surface area contributed by atoms with Gasteiger partial charge in [-0.15, -0.1) is 22.7 Å². The van der Waals surface area contributed by atoms with E-state index in [2.05, 4.69) is 46.0 Å².